The van der Waals surface area contributed by atoms with Crippen molar-refractivity contribution in [2.45, 2.75) is 20.0 Å². The highest BCUT2D eigenvalue weighted by Crippen LogP contribution is 2.15. The highest BCUT2D eigenvalue weighted by molar-refractivity contribution is 7.09. The van der Waals surface area contributed by atoms with Gasteiger partial charge >= 0.3 is 0 Å². The number of aromatic nitrogens is 1. The highest BCUT2D eigenvalue weighted by atomic mass is 32.1. The standard InChI is InChI=1S/C16H18FN3S/c1-12-19-16(11-21-12)10-20(2)9-14-5-6-15(17)8-13(14)4-3-7-18/h5-6,8,11H,7,9-10,18H2,1-2H3. The molecule has 110 valence electrons. The average molecular weight is 303 g/mol. The van der Waals surface area contributed by atoms with Crippen LogP contribution in [0.1, 0.15) is 21.8 Å². The Labute approximate surface area is 128 Å². The Morgan fingerprint density at radius 3 is 2.86 bits per heavy atom. The van der Waals surface area contributed by atoms with Crippen LogP contribution in [-0.2, 0) is 13.1 Å². The average Bonchev–Trinajstić information content (AvgIpc) is 2.84. The molecule has 0 spiro atoms. The van der Waals surface area contributed by atoms with E-state index in [9.17, 15) is 4.39 Å². The highest BCUT2D eigenvalue weighted by Gasteiger charge is 2.08. The van der Waals surface area contributed by atoms with Gasteiger partial charge < -0.3 is 5.73 Å². The van der Waals surface area contributed by atoms with Gasteiger partial charge in [-0.3, -0.25) is 4.90 Å². The van der Waals surface area contributed by atoms with Gasteiger partial charge in [-0.2, -0.15) is 0 Å². The maximum Gasteiger partial charge on any atom is 0.124 e. The lowest BCUT2D eigenvalue weighted by Crippen LogP contribution is -2.18. The summed E-state index contributed by atoms with van der Waals surface area (Å²) in [5.74, 6) is 5.43. The third kappa shape index (κ3) is 4.64. The predicted molar refractivity (Wildman–Crippen MR) is 84.4 cm³/mol. The first-order valence-corrected chi connectivity index (χ1v) is 7.53. The van der Waals surface area contributed by atoms with Gasteiger partial charge in [-0.25, -0.2) is 9.37 Å². The number of aryl methyl sites for hydroxylation is 1. The van der Waals surface area contributed by atoms with Crippen molar-refractivity contribution in [2.24, 2.45) is 5.73 Å². The summed E-state index contributed by atoms with van der Waals surface area (Å²) in [4.78, 5) is 6.59. The molecule has 1 aromatic carbocycles. The number of nitrogens with two attached hydrogens (primary N) is 1. The van der Waals surface area contributed by atoms with E-state index in [0.717, 1.165) is 22.8 Å². The van der Waals surface area contributed by atoms with Gasteiger partial charge in [0, 0.05) is 24.0 Å². The quantitative estimate of drug-likeness (QED) is 0.883. The van der Waals surface area contributed by atoms with Gasteiger partial charge in [0.05, 0.1) is 17.2 Å². The molecule has 0 bridgehead atoms. The third-order valence-electron chi connectivity index (χ3n) is 2.94. The summed E-state index contributed by atoms with van der Waals surface area (Å²) in [5.41, 5.74) is 8.13. The summed E-state index contributed by atoms with van der Waals surface area (Å²) >= 11 is 1.65. The van der Waals surface area contributed by atoms with Gasteiger partial charge in [0.2, 0.25) is 0 Å². The van der Waals surface area contributed by atoms with Crippen molar-refractivity contribution >= 4 is 11.3 Å². The van der Waals surface area contributed by atoms with Crippen LogP contribution in [0.3, 0.4) is 0 Å². The van der Waals surface area contributed by atoms with E-state index in [1.165, 1.54) is 12.1 Å². The second-order valence-corrected chi connectivity index (χ2v) is 5.90. The largest absolute Gasteiger partial charge is 0.320 e. The molecule has 2 aromatic rings. The summed E-state index contributed by atoms with van der Waals surface area (Å²) in [6.07, 6.45) is 0. The van der Waals surface area contributed by atoms with E-state index in [-0.39, 0.29) is 12.4 Å². The number of benzene rings is 1. The van der Waals surface area contributed by atoms with E-state index in [1.54, 1.807) is 17.4 Å². The fourth-order valence-electron chi connectivity index (χ4n) is 2.05. The van der Waals surface area contributed by atoms with E-state index in [2.05, 4.69) is 27.1 Å². The molecular weight excluding hydrogens is 285 g/mol. The third-order valence-corrected chi connectivity index (χ3v) is 3.76. The molecule has 0 amide bonds. The zero-order chi connectivity index (χ0) is 15.2. The van der Waals surface area contributed by atoms with Crippen molar-refractivity contribution in [1.82, 2.24) is 9.88 Å². The molecule has 0 saturated heterocycles. The lowest BCUT2D eigenvalue weighted by molar-refractivity contribution is 0.315. The van der Waals surface area contributed by atoms with Gasteiger partial charge in [-0.05, 0) is 31.7 Å². The predicted octanol–water partition coefficient (Wildman–Crippen LogP) is 2.53. The van der Waals surface area contributed by atoms with Crippen molar-refractivity contribution in [2.75, 3.05) is 13.6 Å². The SMILES string of the molecule is Cc1nc(CN(C)Cc2ccc(F)cc2C#CCN)cs1. The molecular formula is C16H18FN3S. The Morgan fingerprint density at radius 1 is 1.38 bits per heavy atom. The Bertz CT molecular complexity index is 670. The van der Waals surface area contributed by atoms with Crippen molar-refractivity contribution in [3.63, 3.8) is 0 Å². The number of thiazole rings is 1. The van der Waals surface area contributed by atoms with Crippen LogP contribution in [-0.4, -0.2) is 23.5 Å². The summed E-state index contributed by atoms with van der Waals surface area (Å²) in [6, 6.07) is 4.70. The Kier molecular flexibility index (Phi) is 5.45. The van der Waals surface area contributed by atoms with Gasteiger partial charge in [0.15, 0.2) is 0 Å². The first-order chi connectivity index (χ1) is 10.1. The Hall–Kier alpha value is -1.74. The molecule has 1 aromatic heterocycles. The molecule has 0 atom stereocenters. The maximum absolute atomic E-state index is 13.3. The van der Waals surface area contributed by atoms with E-state index in [1.807, 2.05) is 14.0 Å². The Morgan fingerprint density at radius 2 is 2.19 bits per heavy atom. The van der Waals surface area contributed by atoms with Gasteiger partial charge in [0.1, 0.15) is 5.82 Å². The zero-order valence-electron chi connectivity index (χ0n) is 12.2. The van der Waals surface area contributed by atoms with Crippen molar-refractivity contribution in [1.29, 1.82) is 0 Å². The first kappa shape index (κ1) is 15.6. The number of hydrogen-bond donors (Lipinski definition) is 1. The minimum absolute atomic E-state index is 0.268. The molecule has 0 aliphatic rings. The number of hydrogen-bond acceptors (Lipinski definition) is 4. The summed E-state index contributed by atoms with van der Waals surface area (Å²) in [6.45, 7) is 3.70. The summed E-state index contributed by atoms with van der Waals surface area (Å²) in [5, 5.41) is 3.13. The summed E-state index contributed by atoms with van der Waals surface area (Å²) < 4.78 is 13.3. The van der Waals surface area contributed by atoms with Crippen LogP contribution in [0.2, 0.25) is 0 Å². The molecule has 21 heavy (non-hydrogen) atoms. The van der Waals surface area contributed by atoms with Gasteiger partial charge in [-0.1, -0.05) is 17.9 Å². The molecule has 5 heteroatoms. The molecule has 0 unspecified atom stereocenters. The fraction of sp³-hybridized carbons (Fsp3) is 0.312. The van der Waals surface area contributed by atoms with Crippen LogP contribution in [0, 0.1) is 24.6 Å². The molecule has 3 nitrogen and oxygen atoms in total. The van der Waals surface area contributed by atoms with Crippen molar-refractivity contribution in [3.8, 4) is 11.8 Å². The smallest absolute Gasteiger partial charge is 0.124 e. The van der Waals surface area contributed by atoms with Gasteiger partial charge in [-0.15, -0.1) is 11.3 Å². The van der Waals surface area contributed by atoms with E-state index in [4.69, 9.17) is 5.73 Å². The second-order valence-electron chi connectivity index (χ2n) is 4.84. The summed E-state index contributed by atoms with van der Waals surface area (Å²) in [7, 11) is 2.01. The molecule has 0 aliphatic carbocycles. The van der Waals surface area contributed by atoms with Gasteiger partial charge in [0.25, 0.3) is 0 Å². The number of rotatable bonds is 4. The Balaban J connectivity index is 2.11. The molecule has 0 saturated carbocycles. The molecule has 1 heterocycles. The van der Waals surface area contributed by atoms with E-state index >= 15 is 0 Å². The molecule has 2 N–H and O–H groups in total. The van der Waals surface area contributed by atoms with Crippen LogP contribution >= 0.6 is 11.3 Å². The zero-order valence-corrected chi connectivity index (χ0v) is 13.0. The first-order valence-electron chi connectivity index (χ1n) is 6.65. The maximum atomic E-state index is 13.3. The minimum Gasteiger partial charge on any atom is -0.320 e. The number of nitrogens with zero attached hydrogens (tertiary/aromatic N) is 2. The van der Waals surface area contributed by atoms with E-state index < -0.39 is 0 Å². The van der Waals surface area contributed by atoms with Crippen LogP contribution in [0.4, 0.5) is 4.39 Å². The molecule has 0 aliphatic heterocycles. The van der Waals surface area contributed by atoms with Crippen LogP contribution in [0.5, 0.6) is 0 Å². The van der Waals surface area contributed by atoms with Crippen LogP contribution in [0.15, 0.2) is 23.6 Å². The molecule has 0 fully saturated rings. The fourth-order valence-corrected chi connectivity index (χ4v) is 2.66. The lowest BCUT2D eigenvalue weighted by Gasteiger charge is -2.16. The van der Waals surface area contributed by atoms with Crippen molar-refractivity contribution < 1.29 is 4.39 Å². The molecule has 2 rings (SSSR count). The van der Waals surface area contributed by atoms with Crippen molar-refractivity contribution in [3.05, 3.63) is 51.2 Å². The van der Waals surface area contributed by atoms with Crippen LogP contribution in [0.25, 0.3) is 0 Å². The number of halogens is 1. The second kappa shape index (κ2) is 7.32. The topological polar surface area (TPSA) is 42.2 Å². The normalized spacial score (nSPS) is 10.5. The molecule has 0 radical (unpaired) electrons. The monoisotopic (exact) mass is 303 g/mol. The van der Waals surface area contributed by atoms with Crippen LogP contribution < -0.4 is 5.73 Å². The minimum atomic E-state index is -0.280. The lowest BCUT2D eigenvalue weighted by atomic mass is 10.1. The van der Waals surface area contributed by atoms with E-state index in [0.29, 0.717) is 12.1 Å².